The van der Waals surface area contributed by atoms with E-state index >= 15 is 0 Å². The van der Waals surface area contributed by atoms with Gasteiger partial charge in [-0.15, -0.1) is 0 Å². The molecule has 74 valence electrons. The third-order valence-electron chi connectivity index (χ3n) is 1.63. The van der Waals surface area contributed by atoms with Crippen molar-refractivity contribution in [3.8, 4) is 5.75 Å². The minimum atomic E-state index is -2.93. The fourth-order valence-corrected chi connectivity index (χ4v) is 1.14. The van der Waals surface area contributed by atoms with Crippen LogP contribution >= 0.6 is 0 Å². The summed E-state index contributed by atoms with van der Waals surface area (Å²) in [5.74, 6) is -0.811. The molecule has 0 atom stereocenters. The van der Waals surface area contributed by atoms with E-state index < -0.39 is 12.4 Å². The molecule has 1 N–H and O–H groups in total. The van der Waals surface area contributed by atoms with Gasteiger partial charge in [0.15, 0.2) is 11.3 Å². The first-order valence-electron chi connectivity index (χ1n) is 3.73. The number of aromatic amines is 1. The summed E-state index contributed by atoms with van der Waals surface area (Å²) in [5.41, 5.74) is 0.325. The number of halogens is 2. The van der Waals surface area contributed by atoms with Gasteiger partial charge in [0.1, 0.15) is 5.52 Å². The predicted molar refractivity (Wildman–Crippen MR) is 43.5 cm³/mol. The maximum atomic E-state index is 11.9. The van der Waals surface area contributed by atoms with E-state index in [9.17, 15) is 13.6 Å². The standard InChI is InChI=1S/C8H5F2NO3/c9-7(10)13-4-2-1-3-5-6(4)11-8(12)14-5/h1-3,7H,(H,11,12). The van der Waals surface area contributed by atoms with Gasteiger partial charge in [-0.05, 0) is 12.1 Å². The Balaban J connectivity index is 2.58. The summed E-state index contributed by atoms with van der Waals surface area (Å²) in [5, 5.41) is 0. The molecule has 1 aromatic heterocycles. The summed E-state index contributed by atoms with van der Waals surface area (Å²) >= 11 is 0. The highest BCUT2D eigenvalue weighted by molar-refractivity contribution is 5.79. The maximum Gasteiger partial charge on any atom is 0.417 e. The Morgan fingerprint density at radius 1 is 1.43 bits per heavy atom. The van der Waals surface area contributed by atoms with Crippen LogP contribution in [0.4, 0.5) is 8.78 Å². The fourth-order valence-electron chi connectivity index (χ4n) is 1.14. The Morgan fingerprint density at radius 3 is 2.93 bits per heavy atom. The van der Waals surface area contributed by atoms with Gasteiger partial charge in [-0.2, -0.15) is 8.78 Å². The van der Waals surface area contributed by atoms with Crippen molar-refractivity contribution in [1.29, 1.82) is 0 Å². The molecule has 4 nitrogen and oxygen atoms in total. The predicted octanol–water partition coefficient (Wildman–Crippen LogP) is 1.72. The van der Waals surface area contributed by atoms with Gasteiger partial charge in [0.25, 0.3) is 0 Å². The van der Waals surface area contributed by atoms with Crippen LogP contribution in [0.2, 0.25) is 0 Å². The molecule has 6 heteroatoms. The topological polar surface area (TPSA) is 55.2 Å². The number of nitrogens with one attached hydrogen (secondary N) is 1. The van der Waals surface area contributed by atoms with Crippen molar-refractivity contribution in [3.05, 3.63) is 28.7 Å². The second-order valence-electron chi connectivity index (χ2n) is 2.52. The van der Waals surface area contributed by atoms with E-state index in [1.807, 2.05) is 0 Å². The number of alkyl halides is 2. The second-order valence-corrected chi connectivity index (χ2v) is 2.52. The molecule has 0 radical (unpaired) electrons. The van der Waals surface area contributed by atoms with Gasteiger partial charge in [0.05, 0.1) is 0 Å². The lowest BCUT2D eigenvalue weighted by atomic mass is 10.3. The van der Waals surface area contributed by atoms with E-state index in [4.69, 9.17) is 0 Å². The molecule has 2 rings (SSSR count). The molecule has 0 aliphatic rings. The highest BCUT2D eigenvalue weighted by atomic mass is 19.3. The van der Waals surface area contributed by atoms with Crippen LogP contribution in [-0.4, -0.2) is 11.6 Å². The maximum absolute atomic E-state index is 11.9. The molecule has 1 heterocycles. The molecular weight excluding hydrogens is 196 g/mol. The number of hydrogen-bond acceptors (Lipinski definition) is 3. The van der Waals surface area contributed by atoms with Crippen molar-refractivity contribution in [2.75, 3.05) is 0 Å². The SMILES string of the molecule is O=c1[nH]c2c(OC(F)F)cccc2o1. The van der Waals surface area contributed by atoms with E-state index in [1.165, 1.54) is 18.2 Å². The molecule has 0 amide bonds. The lowest BCUT2D eigenvalue weighted by Crippen LogP contribution is -2.02. The number of ether oxygens (including phenoxy) is 1. The summed E-state index contributed by atoms with van der Waals surface area (Å²) in [6.07, 6.45) is 0. The zero-order chi connectivity index (χ0) is 10.1. The lowest BCUT2D eigenvalue weighted by Gasteiger charge is -2.03. The summed E-state index contributed by atoms with van der Waals surface area (Å²) in [6.45, 7) is -2.93. The quantitative estimate of drug-likeness (QED) is 0.804. The first-order valence-corrected chi connectivity index (χ1v) is 3.73. The zero-order valence-electron chi connectivity index (χ0n) is 6.79. The Bertz CT molecular complexity index is 503. The Kier molecular flexibility index (Phi) is 1.95. The molecule has 2 aromatic rings. The van der Waals surface area contributed by atoms with Crippen molar-refractivity contribution in [2.24, 2.45) is 0 Å². The number of H-pyrrole nitrogens is 1. The van der Waals surface area contributed by atoms with Crippen LogP contribution in [0.1, 0.15) is 0 Å². The molecule has 0 fully saturated rings. The average Bonchev–Trinajstić information content (AvgIpc) is 2.45. The number of hydrogen-bond donors (Lipinski definition) is 1. The largest absolute Gasteiger partial charge is 0.432 e. The van der Waals surface area contributed by atoms with Gasteiger partial charge in [-0.1, -0.05) is 6.07 Å². The minimum absolute atomic E-state index is 0.108. The normalized spacial score (nSPS) is 11.1. The Morgan fingerprint density at radius 2 is 2.21 bits per heavy atom. The van der Waals surface area contributed by atoms with Gasteiger partial charge < -0.3 is 9.15 Å². The Hall–Kier alpha value is -1.85. The van der Waals surface area contributed by atoms with Gasteiger partial charge in [0, 0.05) is 0 Å². The lowest BCUT2D eigenvalue weighted by molar-refractivity contribution is -0.0489. The van der Waals surface area contributed by atoms with Crippen molar-refractivity contribution < 1.29 is 17.9 Å². The van der Waals surface area contributed by atoms with Crippen LogP contribution in [-0.2, 0) is 0 Å². The van der Waals surface area contributed by atoms with E-state index in [0.29, 0.717) is 0 Å². The molecular formula is C8H5F2NO3. The van der Waals surface area contributed by atoms with Crippen molar-refractivity contribution in [3.63, 3.8) is 0 Å². The van der Waals surface area contributed by atoms with E-state index in [2.05, 4.69) is 14.1 Å². The molecule has 0 saturated heterocycles. The summed E-state index contributed by atoms with van der Waals surface area (Å²) in [4.78, 5) is 13.0. The van der Waals surface area contributed by atoms with Crippen molar-refractivity contribution in [2.45, 2.75) is 6.61 Å². The molecule has 0 saturated carbocycles. The third-order valence-corrected chi connectivity index (χ3v) is 1.63. The van der Waals surface area contributed by atoms with Gasteiger partial charge in [-0.25, -0.2) is 4.79 Å². The van der Waals surface area contributed by atoms with E-state index in [1.54, 1.807) is 0 Å². The summed E-state index contributed by atoms with van der Waals surface area (Å²) in [6, 6.07) is 4.25. The molecule has 0 aliphatic heterocycles. The first kappa shape index (κ1) is 8.74. The van der Waals surface area contributed by atoms with Crippen LogP contribution in [0.3, 0.4) is 0 Å². The third kappa shape index (κ3) is 1.46. The Labute approximate surface area is 76.1 Å². The fraction of sp³-hybridized carbons (Fsp3) is 0.125. The molecule has 1 aromatic carbocycles. The monoisotopic (exact) mass is 201 g/mol. The summed E-state index contributed by atoms with van der Waals surface area (Å²) in [7, 11) is 0. The molecule has 14 heavy (non-hydrogen) atoms. The number of oxazole rings is 1. The van der Waals surface area contributed by atoms with Crippen molar-refractivity contribution >= 4 is 11.1 Å². The number of aromatic nitrogens is 1. The minimum Gasteiger partial charge on any atom is -0.432 e. The number of benzene rings is 1. The average molecular weight is 201 g/mol. The highest BCUT2D eigenvalue weighted by Crippen LogP contribution is 2.23. The molecule has 0 aliphatic carbocycles. The van der Waals surface area contributed by atoms with Crippen LogP contribution < -0.4 is 10.5 Å². The van der Waals surface area contributed by atoms with E-state index in [0.717, 1.165) is 0 Å². The molecule has 0 unspecified atom stereocenters. The van der Waals surface area contributed by atoms with Gasteiger partial charge in [-0.3, -0.25) is 4.98 Å². The van der Waals surface area contributed by atoms with Gasteiger partial charge >= 0.3 is 12.4 Å². The van der Waals surface area contributed by atoms with Crippen LogP contribution in [0, 0.1) is 0 Å². The second kappa shape index (κ2) is 3.13. The van der Waals surface area contributed by atoms with Gasteiger partial charge in [0.2, 0.25) is 0 Å². The zero-order valence-corrected chi connectivity index (χ0v) is 6.79. The summed E-state index contributed by atoms with van der Waals surface area (Å²) < 4.78 is 32.7. The number of rotatable bonds is 2. The molecule has 0 bridgehead atoms. The van der Waals surface area contributed by atoms with Crippen LogP contribution in [0.5, 0.6) is 5.75 Å². The molecule has 0 spiro atoms. The first-order chi connectivity index (χ1) is 6.66. The number of para-hydroxylation sites is 1. The van der Waals surface area contributed by atoms with Crippen LogP contribution in [0.25, 0.3) is 11.1 Å². The van der Waals surface area contributed by atoms with E-state index in [-0.39, 0.29) is 16.8 Å². The number of fused-ring (bicyclic) bond motifs is 1. The van der Waals surface area contributed by atoms with Crippen LogP contribution in [0.15, 0.2) is 27.4 Å². The van der Waals surface area contributed by atoms with Crippen molar-refractivity contribution in [1.82, 2.24) is 4.98 Å². The smallest absolute Gasteiger partial charge is 0.417 e. The highest BCUT2D eigenvalue weighted by Gasteiger charge is 2.10.